The van der Waals surface area contributed by atoms with Gasteiger partial charge in [-0.3, -0.25) is 14.2 Å². The number of nitrogens with zero attached hydrogens (tertiary/aromatic N) is 3. The fourth-order valence-electron chi connectivity index (χ4n) is 4.04. The number of anilines is 2. The minimum Gasteiger partial charge on any atom is -0.396 e. The Morgan fingerprint density at radius 2 is 1.62 bits per heavy atom. The molecule has 4 rings (SSSR count). The summed E-state index contributed by atoms with van der Waals surface area (Å²) in [6.45, 7) is 0.500. The molecule has 0 atom stereocenters. The molecule has 4 N–H and O–H groups in total. The van der Waals surface area contributed by atoms with Gasteiger partial charge in [0, 0.05) is 19.8 Å². The molecular weight excluding hydrogens is 488 g/mol. The first kappa shape index (κ1) is 25.9. The monoisotopic (exact) mass is 516 g/mol. The summed E-state index contributed by atoms with van der Waals surface area (Å²) in [4.78, 5) is 34.3. The average Bonchev–Trinajstić information content (AvgIpc) is 2.91. The molecule has 0 unspecified atom stereocenters. The fourth-order valence-corrected chi connectivity index (χ4v) is 4.30. The number of aryl methyl sites for hydroxylation is 1. The van der Waals surface area contributed by atoms with Gasteiger partial charge in [-0.2, -0.15) is 0 Å². The Kier molecular flexibility index (Phi) is 8.53. The molecule has 0 saturated heterocycles. The summed E-state index contributed by atoms with van der Waals surface area (Å²) in [5.74, 6) is 0.218. The van der Waals surface area contributed by atoms with Crippen molar-refractivity contribution >= 4 is 29.0 Å². The Morgan fingerprint density at radius 3 is 2.24 bits per heavy atom. The topological polar surface area (TPSA) is 115 Å². The lowest BCUT2D eigenvalue weighted by Gasteiger charge is -2.17. The second kappa shape index (κ2) is 12.2. The third-order valence-corrected chi connectivity index (χ3v) is 6.28. The van der Waals surface area contributed by atoms with Crippen LogP contribution >= 0.6 is 11.6 Å². The van der Waals surface area contributed by atoms with Gasteiger partial charge >= 0.3 is 0 Å². The van der Waals surface area contributed by atoms with Gasteiger partial charge in [0.2, 0.25) is 5.91 Å². The van der Waals surface area contributed by atoms with Crippen LogP contribution in [0.15, 0.2) is 77.7 Å². The normalized spacial score (nSPS) is 10.8. The number of amides is 1. The van der Waals surface area contributed by atoms with Gasteiger partial charge in [0.15, 0.2) is 16.8 Å². The van der Waals surface area contributed by atoms with E-state index in [1.807, 2.05) is 60.7 Å². The third kappa shape index (κ3) is 6.54. The Hall–Kier alpha value is -4.17. The number of pyridine rings is 1. The Labute approximate surface area is 220 Å². The number of hydrogen-bond donors (Lipinski definition) is 3. The summed E-state index contributed by atoms with van der Waals surface area (Å²) in [5, 5.41) is 5.91. The molecule has 2 heterocycles. The number of halogens is 1. The summed E-state index contributed by atoms with van der Waals surface area (Å²) >= 11 is 6.66. The summed E-state index contributed by atoms with van der Waals surface area (Å²) in [6.07, 6.45) is 3.50. The lowest BCUT2D eigenvalue weighted by atomic mass is 10.1. The summed E-state index contributed by atoms with van der Waals surface area (Å²) in [6, 6.07) is 21.5. The molecule has 0 aliphatic heterocycles. The highest BCUT2D eigenvalue weighted by atomic mass is 35.5. The second-order valence-electron chi connectivity index (χ2n) is 8.59. The van der Waals surface area contributed by atoms with Crippen molar-refractivity contribution in [1.29, 1.82) is 0 Å². The molecule has 9 heteroatoms. The first-order valence-corrected chi connectivity index (χ1v) is 12.4. The second-order valence-corrected chi connectivity index (χ2v) is 8.95. The molecule has 0 spiro atoms. The third-order valence-electron chi connectivity index (χ3n) is 5.97. The van der Waals surface area contributed by atoms with Crippen molar-refractivity contribution in [2.75, 3.05) is 24.6 Å². The molecule has 0 saturated carbocycles. The van der Waals surface area contributed by atoms with E-state index in [0.29, 0.717) is 37.1 Å². The highest BCUT2D eigenvalue weighted by molar-refractivity contribution is 6.30. The lowest BCUT2D eigenvalue weighted by Crippen LogP contribution is -2.29. The van der Waals surface area contributed by atoms with Crippen molar-refractivity contribution in [2.24, 2.45) is 0 Å². The van der Waals surface area contributed by atoms with Crippen molar-refractivity contribution in [3.8, 4) is 5.82 Å². The van der Waals surface area contributed by atoms with Gasteiger partial charge in [-0.1, -0.05) is 72.3 Å². The molecule has 0 radical (unpaired) electrons. The lowest BCUT2D eigenvalue weighted by molar-refractivity contribution is -0.119. The molecule has 0 aliphatic rings. The van der Waals surface area contributed by atoms with Gasteiger partial charge in [0.25, 0.3) is 5.56 Å². The number of rotatable bonds is 10. The van der Waals surface area contributed by atoms with E-state index in [0.717, 1.165) is 11.1 Å². The van der Waals surface area contributed by atoms with Crippen LogP contribution in [0.2, 0.25) is 5.15 Å². The van der Waals surface area contributed by atoms with Crippen LogP contribution in [0, 0.1) is 0 Å². The number of nitrogen functional groups attached to an aromatic ring is 1. The minimum absolute atomic E-state index is 0.125. The molecule has 4 aromatic rings. The zero-order chi connectivity index (χ0) is 26.2. The molecule has 0 bridgehead atoms. The van der Waals surface area contributed by atoms with E-state index in [9.17, 15) is 9.59 Å². The first-order chi connectivity index (χ1) is 18.0. The Balaban J connectivity index is 1.69. The van der Waals surface area contributed by atoms with E-state index in [1.165, 1.54) is 4.57 Å². The Bertz CT molecular complexity index is 1420. The number of carbonyl (C=O) groups is 1. The van der Waals surface area contributed by atoms with E-state index in [-0.39, 0.29) is 34.8 Å². The first-order valence-electron chi connectivity index (χ1n) is 12.0. The molecule has 0 aliphatic carbocycles. The molecule has 2 aromatic heterocycles. The van der Waals surface area contributed by atoms with Crippen LogP contribution in [-0.2, 0) is 30.5 Å². The fraction of sp³-hybridized carbons (Fsp3) is 0.214. The average molecular weight is 517 g/mol. The van der Waals surface area contributed by atoms with Crippen molar-refractivity contribution in [3.63, 3.8) is 0 Å². The molecule has 1 amide bonds. The largest absolute Gasteiger partial charge is 0.396 e. The number of likely N-dealkylation sites (N-methyl/N-ethyl adjacent to an activating group) is 1. The van der Waals surface area contributed by atoms with E-state index in [4.69, 9.17) is 17.3 Å². The molecule has 8 nitrogen and oxygen atoms in total. The number of aromatic nitrogens is 3. The summed E-state index contributed by atoms with van der Waals surface area (Å²) in [5.41, 5.74) is 9.62. The standard InChI is InChI=1S/C28H29ClN6O2/c1-31-24(36)17-21-16-22(30)27(33-18-21)35-23(13-12-19-8-4-2-5-9-19)25(29)34-26(28(35)37)32-15-14-20-10-6-3-7-11-20/h2-11,16,18H,12-15,17,30H2,1H3,(H,31,36)(H,32,34). The van der Waals surface area contributed by atoms with Crippen LogP contribution in [0.4, 0.5) is 11.5 Å². The zero-order valence-corrected chi connectivity index (χ0v) is 21.3. The predicted octanol–water partition coefficient (Wildman–Crippen LogP) is 3.59. The van der Waals surface area contributed by atoms with Crippen molar-refractivity contribution in [2.45, 2.75) is 25.7 Å². The Morgan fingerprint density at radius 1 is 0.973 bits per heavy atom. The highest BCUT2D eigenvalue weighted by Crippen LogP contribution is 2.23. The van der Waals surface area contributed by atoms with E-state index in [2.05, 4.69) is 20.6 Å². The van der Waals surface area contributed by atoms with E-state index < -0.39 is 5.56 Å². The SMILES string of the molecule is CNC(=O)Cc1cnc(-n2c(CCc3ccccc3)c(Cl)nc(NCCc3ccccc3)c2=O)c(N)c1. The number of benzene rings is 2. The zero-order valence-electron chi connectivity index (χ0n) is 20.6. The van der Waals surface area contributed by atoms with Crippen LogP contribution in [0.5, 0.6) is 0 Å². The van der Waals surface area contributed by atoms with Gasteiger partial charge in [-0.25, -0.2) is 9.97 Å². The maximum Gasteiger partial charge on any atom is 0.299 e. The molecule has 37 heavy (non-hydrogen) atoms. The van der Waals surface area contributed by atoms with Crippen LogP contribution in [-0.4, -0.2) is 34.0 Å². The number of hydrogen-bond acceptors (Lipinski definition) is 6. The molecular formula is C28H29ClN6O2. The van der Waals surface area contributed by atoms with Crippen LogP contribution < -0.4 is 21.9 Å². The smallest absolute Gasteiger partial charge is 0.299 e. The quantitative estimate of drug-likeness (QED) is 0.297. The van der Waals surface area contributed by atoms with Gasteiger partial charge in [0.05, 0.1) is 17.8 Å². The van der Waals surface area contributed by atoms with E-state index >= 15 is 0 Å². The van der Waals surface area contributed by atoms with Gasteiger partial charge < -0.3 is 16.4 Å². The highest BCUT2D eigenvalue weighted by Gasteiger charge is 2.20. The van der Waals surface area contributed by atoms with Crippen LogP contribution in [0.25, 0.3) is 5.82 Å². The van der Waals surface area contributed by atoms with Gasteiger partial charge in [-0.05, 0) is 42.0 Å². The number of nitrogens with one attached hydrogen (secondary N) is 2. The van der Waals surface area contributed by atoms with E-state index in [1.54, 1.807) is 19.3 Å². The minimum atomic E-state index is -0.390. The maximum atomic E-state index is 13.7. The van der Waals surface area contributed by atoms with Gasteiger partial charge in [0.1, 0.15) is 0 Å². The number of carbonyl (C=O) groups excluding carboxylic acids is 1. The maximum absolute atomic E-state index is 13.7. The summed E-state index contributed by atoms with van der Waals surface area (Å²) < 4.78 is 1.43. The summed E-state index contributed by atoms with van der Waals surface area (Å²) in [7, 11) is 1.57. The molecule has 190 valence electrons. The van der Waals surface area contributed by atoms with Crippen molar-refractivity contribution in [3.05, 3.63) is 111 Å². The van der Waals surface area contributed by atoms with Crippen LogP contribution in [0.1, 0.15) is 22.4 Å². The molecule has 2 aromatic carbocycles. The predicted molar refractivity (Wildman–Crippen MR) is 147 cm³/mol. The molecule has 0 fully saturated rings. The van der Waals surface area contributed by atoms with Crippen LogP contribution in [0.3, 0.4) is 0 Å². The van der Waals surface area contributed by atoms with Crippen molar-refractivity contribution < 1.29 is 4.79 Å². The number of nitrogens with two attached hydrogens (primary N) is 1. The van der Waals surface area contributed by atoms with Crippen molar-refractivity contribution in [1.82, 2.24) is 19.9 Å². The van der Waals surface area contributed by atoms with Gasteiger partial charge in [-0.15, -0.1) is 0 Å².